The fraction of sp³-hybridized carbons (Fsp3) is 1.00. The van der Waals surface area contributed by atoms with Gasteiger partial charge in [-0.05, 0) is 18.8 Å². The van der Waals surface area contributed by atoms with E-state index >= 15 is 0 Å². The molecule has 0 amide bonds. The van der Waals surface area contributed by atoms with Crippen molar-refractivity contribution < 1.29 is 8.42 Å². The molecule has 0 radical (unpaired) electrons. The van der Waals surface area contributed by atoms with Crippen LogP contribution >= 0.6 is 0 Å². The van der Waals surface area contributed by atoms with Crippen molar-refractivity contribution in [2.45, 2.75) is 39.2 Å². The van der Waals surface area contributed by atoms with E-state index < -0.39 is 10.2 Å². The maximum Gasteiger partial charge on any atom is 0.279 e. The molecule has 6 heteroatoms. The first-order valence-corrected chi connectivity index (χ1v) is 7.45. The average Bonchev–Trinajstić information content (AvgIpc) is 2.62. The van der Waals surface area contributed by atoms with Crippen molar-refractivity contribution in [1.29, 1.82) is 0 Å². The van der Waals surface area contributed by atoms with Gasteiger partial charge in [0.25, 0.3) is 10.2 Å². The summed E-state index contributed by atoms with van der Waals surface area (Å²) >= 11 is 0. The lowest BCUT2D eigenvalue weighted by atomic mass is 10.1. The first-order valence-electron chi connectivity index (χ1n) is 6.01. The summed E-state index contributed by atoms with van der Waals surface area (Å²) in [7, 11) is -3.31. The van der Waals surface area contributed by atoms with Gasteiger partial charge in [-0.25, -0.2) is 4.72 Å². The Morgan fingerprint density at radius 1 is 1.31 bits per heavy atom. The predicted molar refractivity (Wildman–Crippen MR) is 65.2 cm³/mol. The molecule has 1 fully saturated rings. The molecule has 1 saturated carbocycles. The number of hydrogen-bond acceptors (Lipinski definition) is 3. The van der Waals surface area contributed by atoms with Gasteiger partial charge in [0.05, 0.1) is 0 Å². The number of nitrogens with zero attached hydrogens (tertiary/aromatic N) is 1. The average molecular weight is 249 g/mol. The molecule has 0 spiro atoms. The van der Waals surface area contributed by atoms with Crippen LogP contribution in [0.25, 0.3) is 0 Å². The number of rotatable bonds is 6. The van der Waals surface area contributed by atoms with Crippen LogP contribution in [0.15, 0.2) is 0 Å². The largest absolute Gasteiger partial charge is 0.327 e. The van der Waals surface area contributed by atoms with Gasteiger partial charge in [-0.15, -0.1) is 0 Å². The van der Waals surface area contributed by atoms with Crippen molar-refractivity contribution >= 4 is 10.2 Å². The summed E-state index contributed by atoms with van der Waals surface area (Å²) in [6.07, 6.45) is 3.15. The van der Waals surface area contributed by atoms with Gasteiger partial charge in [-0.3, -0.25) is 0 Å². The van der Waals surface area contributed by atoms with Gasteiger partial charge in [0.2, 0.25) is 0 Å². The van der Waals surface area contributed by atoms with Crippen LogP contribution in [0.4, 0.5) is 0 Å². The number of hydrogen-bond donors (Lipinski definition) is 2. The molecule has 0 bridgehead atoms. The first kappa shape index (κ1) is 13.9. The van der Waals surface area contributed by atoms with Gasteiger partial charge >= 0.3 is 0 Å². The summed E-state index contributed by atoms with van der Waals surface area (Å²) in [6, 6.07) is 0.152. The zero-order valence-corrected chi connectivity index (χ0v) is 11.0. The lowest BCUT2D eigenvalue weighted by Crippen LogP contribution is -2.44. The van der Waals surface area contributed by atoms with Crippen LogP contribution in [-0.4, -0.2) is 38.4 Å². The highest BCUT2D eigenvalue weighted by molar-refractivity contribution is 7.87. The first-order chi connectivity index (χ1) is 7.51. The normalized spacial score (nSPS) is 26.5. The Morgan fingerprint density at radius 2 is 1.94 bits per heavy atom. The van der Waals surface area contributed by atoms with Gasteiger partial charge in [-0.2, -0.15) is 12.7 Å². The molecule has 0 heterocycles. The fourth-order valence-corrected chi connectivity index (χ4v) is 3.47. The second kappa shape index (κ2) is 5.95. The quantitative estimate of drug-likeness (QED) is 0.710. The molecule has 0 aliphatic heterocycles. The summed E-state index contributed by atoms with van der Waals surface area (Å²) < 4.78 is 27.7. The van der Waals surface area contributed by atoms with Crippen molar-refractivity contribution in [3.05, 3.63) is 0 Å². The van der Waals surface area contributed by atoms with Gasteiger partial charge in [0, 0.05) is 25.7 Å². The van der Waals surface area contributed by atoms with Gasteiger partial charge in [-0.1, -0.05) is 20.3 Å². The molecule has 1 aliphatic carbocycles. The van der Waals surface area contributed by atoms with E-state index in [0.717, 1.165) is 19.3 Å². The molecular weight excluding hydrogens is 226 g/mol. The standard InChI is InChI=1S/C10H23N3O2S/c1-3-13(4-2)16(14,15)12-8-9-6-5-7-10(9)11/h9-10,12H,3-8,11H2,1-2H3. The number of nitrogens with one attached hydrogen (secondary N) is 1. The summed E-state index contributed by atoms with van der Waals surface area (Å²) in [4.78, 5) is 0. The molecule has 2 unspecified atom stereocenters. The van der Waals surface area contributed by atoms with Crippen molar-refractivity contribution in [1.82, 2.24) is 9.03 Å². The van der Waals surface area contributed by atoms with E-state index in [4.69, 9.17) is 5.73 Å². The lowest BCUT2D eigenvalue weighted by molar-refractivity contribution is 0.417. The zero-order valence-electron chi connectivity index (χ0n) is 10.1. The van der Waals surface area contributed by atoms with Crippen LogP contribution < -0.4 is 10.5 Å². The second-order valence-corrected chi connectivity index (χ2v) is 6.05. The molecular formula is C10H23N3O2S. The molecule has 0 aromatic carbocycles. The Hall–Kier alpha value is -0.170. The van der Waals surface area contributed by atoms with Gasteiger partial charge < -0.3 is 5.73 Å². The minimum Gasteiger partial charge on any atom is -0.327 e. The maximum atomic E-state index is 11.8. The third kappa shape index (κ3) is 3.41. The Bertz CT molecular complexity index is 301. The zero-order chi connectivity index (χ0) is 12.2. The monoisotopic (exact) mass is 249 g/mol. The van der Waals surface area contributed by atoms with Crippen molar-refractivity contribution in [2.75, 3.05) is 19.6 Å². The van der Waals surface area contributed by atoms with Crippen LogP contribution in [0.5, 0.6) is 0 Å². The van der Waals surface area contributed by atoms with E-state index in [1.54, 1.807) is 0 Å². The second-order valence-electron chi connectivity index (χ2n) is 4.29. The highest BCUT2D eigenvalue weighted by Crippen LogP contribution is 2.23. The highest BCUT2D eigenvalue weighted by atomic mass is 32.2. The predicted octanol–water partition coefficient (Wildman–Crippen LogP) is 0.290. The van der Waals surface area contributed by atoms with Crippen LogP contribution in [0.2, 0.25) is 0 Å². The van der Waals surface area contributed by atoms with E-state index in [-0.39, 0.29) is 6.04 Å². The van der Waals surface area contributed by atoms with Crippen molar-refractivity contribution in [3.63, 3.8) is 0 Å². The van der Waals surface area contributed by atoms with E-state index in [9.17, 15) is 8.42 Å². The van der Waals surface area contributed by atoms with Crippen molar-refractivity contribution in [3.8, 4) is 0 Å². The molecule has 2 atom stereocenters. The third-order valence-electron chi connectivity index (χ3n) is 3.29. The minimum absolute atomic E-state index is 0.152. The summed E-state index contributed by atoms with van der Waals surface area (Å²) in [5.41, 5.74) is 5.90. The maximum absolute atomic E-state index is 11.8. The number of nitrogens with two attached hydrogens (primary N) is 1. The molecule has 0 aromatic heterocycles. The fourth-order valence-electron chi connectivity index (χ4n) is 2.19. The van der Waals surface area contributed by atoms with E-state index in [1.165, 1.54) is 4.31 Å². The molecule has 16 heavy (non-hydrogen) atoms. The van der Waals surface area contributed by atoms with E-state index in [2.05, 4.69) is 4.72 Å². The van der Waals surface area contributed by atoms with Crippen LogP contribution in [0, 0.1) is 5.92 Å². The van der Waals surface area contributed by atoms with Crippen LogP contribution in [-0.2, 0) is 10.2 Å². The summed E-state index contributed by atoms with van der Waals surface area (Å²) in [6.45, 7) is 5.15. The highest BCUT2D eigenvalue weighted by Gasteiger charge is 2.26. The SMILES string of the molecule is CCN(CC)S(=O)(=O)NCC1CCCC1N. The van der Waals surface area contributed by atoms with E-state index in [1.807, 2.05) is 13.8 Å². The smallest absolute Gasteiger partial charge is 0.279 e. The summed E-state index contributed by atoms with van der Waals surface area (Å²) in [5.74, 6) is 0.297. The lowest BCUT2D eigenvalue weighted by Gasteiger charge is -2.21. The molecule has 1 aliphatic rings. The molecule has 96 valence electrons. The third-order valence-corrected chi connectivity index (χ3v) is 5.02. The summed E-state index contributed by atoms with van der Waals surface area (Å²) in [5, 5.41) is 0. The molecule has 0 saturated heterocycles. The topological polar surface area (TPSA) is 75.4 Å². The Kier molecular flexibility index (Phi) is 5.17. The van der Waals surface area contributed by atoms with Crippen molar-refractivity contribution in [2.24, 2.45) is 11.7 Å². The Balaban J connectivity index is 2.47. The molecule has 1 rings (SSSR count). The molecule has 0 aromatic rings. The van der Waals surface area contributed by atoms with Crippen LogP contribution in [0.3, 0.4) is 0 Å². The molecule has 3 N–H and O–H groups in total. The van der Waals surface area contributed by atoms with E-state index in [0.29, 0.717) is 25.6 Å². The Morgan fingerprint density at radius 3 is 2.38 bits per heavy atom. The molecule has 5 nitrogen and oxygen atoms in total. The Labute approximate surface area is 98.6 Å². The van der Waals surface area contributed by atoms with Gasteiger partial charge in [0.15, 0.2) is 0 Å². The van der Waals surface area contributed by atoms with Crippen LogP contribution in [0.1, 0.15) is 33.1 Å². The minimum atomic E-state index is -3.31. The van der Waals surface area contributed by atoms with Gasteiger partial charge in [0.1, 0.15) is 0 Å².